The summed E-state index contributed by atoms with van der Waals surface area (Å²) in [5, 5.41) is 0. The van der Waals surface area contributed by atoms with Crippen LogP contribution in [0.25, 0.3) is 0 Å². The number of alkyl halides is 4. The lowest BCUT2D eigenvalue weighted by Gasteiger charge is -2.18. The van der Waals surface area contributed by atoms with Crippen LogP contribution in [0.3, 0.4) is 0 Å². The Labute approximate surface area is 136 Å². The van der Waals surface area contributed by atoms with Gasteiger partial charge < -0.3 is 0 Å². The molecule has 1 atom stereocenters. The molecule has 0 amide bonds. The molecule has 0 radical (unpaired) electrons. The van der Waals surface area contributed by atoms with Gasteiger partial charge in [0.25, 0.3) is 0 Å². The van der Waals surface area contributed by atoms with E-state index in [-0.39, 0.29) is 8.95 Å². The molecule has 9 heteroatoms. The van der Waals surface area contributed by atoms with Crippen molar-refractivity contribution in [3.8, 4) is 0 Å². The van der Waals surface area contributed by atoms with E-state index in [1.165, 1.54) is 0 Å². The minimum Gasteiger partial charge on any atom is -0.232 e. The lowest BCUT2D eigenvalue weighted by Crippen LogP contribution is -2.18. The van der Waals surface area contributed by atoms with Gasteiger partial charge in [-0.2, -0.15) is 13.2 Å². The van der Waals surface area contributed by atoms with Gasteiger partial charge in [0.15, 0.2) is 0 Å². The van der Waals surface area contributed by atoms with Crippen LogP contribution in [0.15, 0.2) is 22.4 Å². The summed E-state index contributed by atoms with van der Waals surface area (Å²) < 4.78 is 51.7. The summed E-state index contributed by atoms with van der Waals surface area (Å²) in [7, 11) is 0. The van der Waals surface area contributed by atoms with Crippen molar-refractivity contribution >= 4 is 79.6 Å². The fraction of sp³-hybridized carbons (Fsp3) is 0.250. The Morgan fingerprint density at radius 3 is 1.29 bits per heavy atom. The van der Waals surface area contributed by atoms with E-state index >= 15 is 0 Å². The molecule has 0 saturated heterocycles. The lowest BCUT2D eigenvalue weighted by atomic mass is 10.1. The van der Waals surface area contributed by atoms with Gasteiger partial charge in [-0.3, -0.25) is 0 Å². The van der Waals surface area contributed by atoms with Crippen LogP contribution < -0.4 is 0 Å². The van der Waals surface area contributed by atoms with Crippen molar-refractivity contribution < 1.29 is 17.6 Å². The number of benzene rings is 1. The van der Waals surface area contributed by atoms with Crippen molar-refractivity contribution in [2.45, 2.75) is 12.3 Å². The first-order chi connectivity index (χ1) is 7.59. The van der Waals surface area contributed by atoms with Gasteiger partial charge in [0, 0.05) is 27.9 Å². The van der Waals surface area contributed by atoms with Crippen LogP contribution in [0.1, 0.15) is 11.7 Å². The second-order valence-corrected chi connectivity index (χ2v) is 6.85. The highest BCUT2D eigenvalue weighted by Crippen LogP contribution is 2.50. The van der Waals surface area contributed by atoms with E-state index in [4.69, 9.17) is 0 Å². The normalized spacial score (nSPS) is 13.9. The molecule has 17 heavy (non-hydrogen) atoms. The largest absolute Gasteiger partial charge is 0.424 e. The van der Waals surface area contributed by atoms with E-state index in [1.807, 2.05) is 0 Å². The van der Waals surface area contributed by atoms with E-state index in [1.54, 1.807) is 0 Å². The lowest BCUT2D eigenvalue weighted by molar-refractivity contribution is -0.183. The maximum atomic E-state index is 13.4. The zero-order valence-electron chi connectivity index (χ0n) is 7.48. The molecule has 1 aromatic carbocycles. The molecule has 0 fully saturated rings. The predicted molar refractivity (Wildman–Crippen MR) is 74.8 cm³/mol. The Bertz CT molecular complexity index is 427. The second kappa shape index (κ2) is 5.76. The van der Waals surface area contributed by atoms with Crippen molar-refractivity contribution in [3.05, 3.63) is 27.9 Å². The van der Waals surface area contributed by atoms with Crippen molar-refractivity contribution in [2.24, 2.45) is 0 Å². The van der Waals surface area contributed by atoms with Crippen molar-refractivity contribution in [3.63, 3.8) is 0 Å². The van der Waals surface area contributed by atoms with Gasteiger partial charge >= 0.3 is 6.18 Å². The Hall–Kier alpha value is 1.34. The first-order valence-electron chi connectivity index (χ1n) is 3.81. The molecular weight excluding hydrogens is 572 g/mol. The first-order valence-corrected chi connectivity index (χ1v) is 7.77. The van der Waals surface area contributed by atoms with Crippen molar-refractivity contribution in [2.75, 3.05) is 0 Å². The third-order valence-electron chi connectivity index (χ3n) is 1.78. The second-order valence-electron chi connectivity index (χ2n) is 2.89. The highest BCUT2D eigenvalue weighted by atomic mass is 79.9. The van der Waals surface area contributed by atoms with Crippen LogP contribution in [0, 0.1) is 0 Å². The zero-order chi connectivity index (χ0) is 13.5. The van der Waals surface area contributed by atoms with E-state index < -0.39 is 17.9 Å². The number of hydrogen-bond acceptors (Lipinski definition) is 0. The molecule has 0 aromatic heterocycles. The fourth-order valence-corrected chi connectivity index (χ4v) is 4.49. The van der Waals surface area contributed by atoms with E-state index in [0.717, 1.165) is 0 Å². The maximum absolute atomic E-state index is 13.4. The molecule has 0 heterocycles. The van der Waals surface area contributed by atoms with Crippen LogP contribution in [0.4, 0.5) is 17.6 Å². The summed E-state index contributed by atoms with van der Waals surface area (Å²) in [5.74, 6) is 0. The monoisotopic (exact) mass is 568 g/mol. The Morgan fingerprint density at radius 2 is 1.00 bits per heavy atom. The highest BCUT2D eigenvalue weighted by molar-refractivity contribution is 9.15. The van der Waals surface area contributed by atoms with Gasteiger partial charge in [0.1, 0.15) is 0 Å². The third-order valence-corrected chi connectivity index (χ3v) is 7.94. The quantitative estimate of drug-likeness (QED) is 0.192. The fourth-order valence-electron chi connectivity index (χ4n) is 1.01. The summed E-state index contributed by atoms with van der Waals surface area (Å²) in [6.07, 6.45) is -8.04. The predicted octanol–water partition coefficient (Wildman–Crippen LogP) is 7.07. The summed E-state index contributed by atoms with van der Waals surface area (Å²) in [6, 6.07) is 0. The number of hydrogen-bond donors (Lipinski definition) is 0. The topological polar surface area (TPSA) is 0 Å². The molecular formula is C8HBr5F4. The van der Waals surface area contributed by atoms with E-state index in [0.29, 0.717) is 13.4 Å². The average molecular weight is 573 g/mol. The highest BCUT2D eigenvalue weighted by Gasteiger charge is 2.44. The van der Waals surface area contributed by atoms with Crippen LogP contribution in [-0.2, 0) is 0 Å². The molecule has 1 unspecified atom stereocenters. The SMILES string of the molecule is FC(c1c(Br)c(Br)c(Br)c(Br)c1Br)C(F)(F)F. The van der Waals surface area contributed by atoms with E-state index in [9.17, 15) is 17.6 Å². The minimum atomic E-state index is -4.96. The van der Waals surface area contributed by atoms with Crippen molar-refractivity contribution in [1.29, 1.82) is 0 Å². The summed E-state index contributed by atoms with van der Waals surface area (Å²) >= 11 is 15.2. The van der Waals surface area contributed by atoms with Gasteiger partial charge in [-0.05, 0) is 79.6 Å². The standard InChI is InChI=1S/C8HBr5F4/c9-2-1(7(14)8(15,16)17)3(10)5(12)6(13)4(2)11/h7H. The molecule has 1 rings (SSSR count). The Morgan fingerprint density at radius 1 is 0.706 bits per heavy atom. The Balaban J connectivity index is 3.55. The zero-order valence-corrected chi connectivity index (χ0v) is 15.4. The first kappa shape index (κ1) is 16.4. The molecule has 1 aromatic rings. The van der Waals surface area contributed by atoms with E-state index in [2.05, 4.69) is 79.6 Å². The van der Waals surface area contributed by atoms with Gasteiger partial charge in [-0.25, -0.2) is 4.39 Å². The number of rotatable bonds is 1. The van der Waals surface area contributed by atoms with Crippen LogP contribution in [0.2, 0.25) is 0 Å². The summed E-state index contributed by atoms with van der Waals surface area (Å²) in [5.41, 5.74) is -0.514. The summed E-state index contributed by atoms with van der Waals surface area (Å²) in [4.78, 5) is 0. The van der Waals surface area contributed by atoms with Crippen LogP contribution >= 0.6 is 79.6 Å². The average Bonchev–Trinajstić information content (AvgIpc) is 2.22. The van der Waals surface area contributed by atoms with Crippen LogP contribution in [-0.4, -0.2) is 6.18 Å². The molecule has 96 valence electrons. The maximum Gasteiger partial charge on any atom is 0.424 e. The molecule has 0 saturated carbocycles. The molecule has 0 aliphatic rings. The molecule has 0 nitrogen and oxygen atoms in total. The molecule has 0 spiro atoms. The Kier molecular flexibility index (Phi) is 5.56. The third kappa shape index (κ3) is 3.27. The van der Waals surface area contributed by atoms with Gasteiger partial charge in [0.05, 0.1) is 0 Å². The van der Waals surface area contributed by atoms with Crippen molar-refractivity contribution in [1.82, 2.24) is 0 Å². The molecule has 0 bridgehead atoms. The molecule has 0 N–H and O–H groups in total. The minimum absolute atomic E-state index is 0.00396. The van der Waals surface area contributed by atoms with Gasteiger partial charge in [-0.1, -0.05) is 0 Å². The molecule has 0 aliphatic heterocycles. The smallest absolute Gasteiger partial charge is 0.232 e. The van der Waals surface area contributed by atoms with Gasteiger partial charge in [0.2, 0.25) is 6.17 Å². The van der Waals surface area contributed by atoms with Crippen LogP contribution in [0.5, 0.6) is 0 Å². The molecule has 0 aliphatic carbocycles. The summed E-state index contributed by atoms with van der Waals surface area (Å²) in [6.45, 7) is 0. The van der Waals surface area contributed by atoms with Gasteiger partial charge in [-0.15, -0.1) is 0 Å². The number of halogens is 9.